The van der Waals surface area contributed by atoms with Gasteiger partial charge in [0.25, 0.3) is 0 Å². The summed E-state index contributed by atoms with van der Waals surface area (Å²) >= 11 is -1.93. The second kappa shape index (κ2) is 4.56. The lowest BCUT2D eigenvalue weighted by molar-refractivity contribution is 0.308. The molecule has 13 heavy (non-hydrogen) atoms. The van der Waals surface area contributed by atoms with E-state index in [2.05, 4.69) is 0 Å². The molecule has 0 aromatic heterocycles. The van der Waals surface area contributed by atoms with Crippen molar-refractivity contribution >= 4 is 11.1 Å². The van der Waals surface area contributed by atoms with Crippen molar-refractivity contribution in [1.29, 1.82) is 0 Å². The van der Waals surface area contributed by atoms with E-state index in [1.807, 2.05) is 13.8 Å². The average molecular weight is 203 g/mol. The Morgan fingerprint density at radius 1 is 1.31 bits per heavy atom. The molecule has 1 rings (SSSR count). The molecular weight excluding hydrogens is 184 g/mol. The van der Waals surface area contributed by atoms with Crippen molar-refractivity contribution in [3.8, 4) is 0 Å². The molecule has 1 atom stereocenters. The van der Waals surface area contributed by atoms with E-state index in [-0.39, 0.29) is 0 Å². The van der Waals surface area contributed by atoms with Gasteiger partial charge in [0.15, 0.2) is 0 Å². The third kappa shape index (κ3) is 3.39. The first kappa shape index (κ1) is 11.2. The summed E-state index contributed by atoms with van der Waals surface area (Å²) in [5.41, 5.74) is 0. The summed E-state index contributed by atoms with van der Waals surface area (Å²) in [6.45, 7) is 3.65. The first-order chi connectivity index (χ1) is 6.02. The van der Waals surface area contributed by atoms with Crippen LogP contribution < -0.4 is 0 Å². The topological polar surface area (TPSA) is 40.1 Å². The van der Waals surface area contributed by atoms with Gasteiger partial charge in [-0.1, -0.05) is 32.1 Å². The van der Waals surface area contributed by atoms with Crippen LogP contribution in [0.25, 0.3) is 0 Å². The monoisotopic (exact) mass is 203 g/mol. The van der Waals surface area contributed by atoms with Crippen LogP contribution in [0.2, 0.25) is 0 Å². The Hall–Kier alpha value is 0.110. The third-order valence-corrected chi connectivity index (χ3v) is 4.03. The summed E-state index contributed by atoms with van der Waals surface area (Å²) in [4.78, 5) is 0. The van der Waals surface area contributed by atoms with E-state index in [0.29, 0.717) is 5.92 Å². The van der Waals surface area contributed by atoms with E-state index in [0.717, 1.165) is 6.42 Å². The van der Waals surface area contributed by atoms with Crippen LogP contribution in [-0.4, -0.2) is 13.5 Å². The molecular formula is C10H19O2S-. The Bertz CT molecular complexity index is 183. The van der Waals surface area contributed by atoms with Crippen LogP contribution in [0, 0.1) is 5.92 Å². The van der Waals surface area contributed by atoms with Crippen LogP contribution in [0.4, 0.5) is 0 Å². The lowest BCUT2D eigenvalue weighted by Crippen LogP contribution is -2.30. The molecule has 1 aliphatic rings. The summed E-state index contributed by atoms with van der Waals surface area (Å²) in [5, 5.41) is 0. The smallest absolute Gasteiger partial charge is 0.0274 e. The molecule has 1 saturated carbocycles. The minimum Gasteiger partial charge on any atom is -0.772 e. The zero-order valence-corrected chi connectivity index (χ0v) is 9.36. The van der Waals surface area contributed by atoms with Crippen molar-refractivity contribution in [3.05, 3.63) is 0 Å². The lowest BCUT2D eigenvalue weighted by atomic mass is 9.83. The number of rotatable bonds is 3. The van der Waals surface area contributed by atoms with Gasteiger partial charge in [0, 0.05) is 4.75 Å². The van der Waals surface area contributed by atoms with Crippen molar-refractivity contribution in [1.82, 2.24) is 0 Å². The summed E-state index contributed by atoms with van der Waals surface area (Å²) in [6.07, 6.45) is 7.18. The maximum atomic E-state index is 10.9. The Morgan fingerprint density at radius 3 is 2.31 bits per heavy atom. The molecule has 0 radical (unpaired) electrons. The first-order valence-electron chi connectivity index (χ1n) is 5.12. The third-order valence-electron chi connectivity index (χ3n) is 2.96. The zero-order valence-electron chi connectivity index (χ0n) is 8.54. The fraction of sp³-hybridized carbons (Fsp3) is 1.00. The molecule has 0 spiro atoms. The molecule has 0 saturated heterocycles. The standard InChI is InChI=1S/C10H20O2S/c1-10(2,13(11)12)8-9-6-4-3-5-7-9/h9H,3-8H2,1-2H3,(H,11,12)/p-1. The Balaban J connectivity index is 2.41. The molecule has 0 aromatic rings. The van der Waals surface area contributed by atoms with Gasteiger partial charge in [-0.2, -0.15) is 0 Å². The predicted molar refractivity (Wildman–Crippen MR) is 54.2 cm³/mol. The molecule has 0 amide bonds. The molecule has 0 bridgehead atoms. The predicted octanol–water partition coefficient (Wildman–Crippen LogP) is 2.61. The van der Waals surface area contributed by atoms with Crippen molar-refractivity contribution in [2.45, 2.75) is 57.1 Å². The summed E-state index contributed by atoms with van der Waals surface area (Å²) in [5.74, 6) is 0.640. The summed E-state index contributed by atoms with van der Waals surface area (Å²) in [7, 11) is 0. The molecule has 0 heterocycles. The maximum absolute atomic E-state index is 10.9. The number of hydrogen-bond acceptors (Lipinski definition) is 2. The van der Waals surface area contributed by atoms with Crippen LogP contribution in [0.1, 0.15) is 52.4 Å². The largest absolute Gasteiger partial charge is 0.772 e. The van der Waals surface area contributed by atoms with Crippen molar-refractivity contribution in [2.75, 3.05) is 0 Å². The first-order valence-corrected chi connectivity index (χ1v) is 6.19. The zero-order chi connectivity index (χ0) is 9.90. The van der Waals surface area contributed by atoms with Gasteiger partial charge >= 0.3 is 0 Å². The van der Waals surface area contributed by atoms with Crippen molar-refractivity contribution < 1.29 is 8.76 Å². The lowest BCUT2D eigenvalue weighted by Gasteiger charge is -2.33. The SMILES string of the molecule is CC(C)(CC1CCCCC1)S(=O)[O-]. The highest BCUT2D eigenvalue weighted by atomic mass is 32.2. The highest BCUT2D eigenvalue weighted by Crippen LogP contribution is 2.32. The fourth-order valence-electron chi connectivity index (χ4n) is 2.15. The Labute approximate surface area is 83.4 Å². The average Bonchev–Trinajstić information content (AvgIpc) is 2.05. The Kier molecular flexibility index (Phi) is 3.92. The van der Waals surface area contributed by atoms with E-state index < -0.39 is 15.8 Å². The molecule has 0 aliphatic heterocycles. The van der Waals surface area contributed by atoms with Crippen LogP contribution >= 0.6 is 0 Å². The molecule has 78 valence electrons. The second-order valence-corrected chi connectivity index (χ2v) is 6.28. The van der Waals surface area contributed by atoms with E-state index in [1.165, 1.54) is 32.1 Å². The van der Waals surface area contributed by atoms with Gasteiger partial charge in [-0.25, -0.2) is 0 Å². The minimum absolute atomic E-state index is 0.526. The van der Waals surface area contributed by atoms with Gasteiger partial charge in [-0.05, 0) is 37.3 Å². The molecule has 2 nitrogen and oxygen atoms in total. The van der Waals surface area contributed by atoms with E-state index >= 15 is 0 Å². The highest BCUT2D eigenvalue weighted by Gasteiger charge is 2.25. The maximum Gasteiger partial charge on any atom is 0.0274 e. The van der Waals surface area contributed by atoms with E-state index in [9.17, 15) is 8.76 Å². The van der Waals surface area contributed by atoms with Crippen molar-refractivity contribution in [3.63, 3.8) is 0 Å². The van der Waals surface area contributed by atoms with Gasteiger partial charge in [0.1, 0.15) is 0 Å². The fourth-order valence-corrected chi connectivity index (χ4v) is 2.53. The van der Waals surface area contributed by atoms with Gasteiger partial charge in [0.05, 0.1) is 0 Å². The van der Waals surface area contributed by atoms with Gasteiger partial charge in [0.2, 0.25) is 0 Å². The van der Waals surface area contributed by atoms with Gasteiger partial charge in [-0.15, -0.1) is 0 Å². The number of hydrogen-bond donors (Lipinski definition) is 0. The Morgan fingerprint density at radius 2 is 1.85 bits per heavy atom. The molecule has 3 heteroatoms. The van der Waals surface area contributed by atoms with Crippen molar-refractivity contribution in [2.24, 2.45) is 5.92 Å². The van der Waals surface area contributed by atoms with Crippen LogP contribution in [0.3, 0.4) is 0 Å². The van der Waals surface area contributed by atoms with Gasteiger partial charge in [-0.3, -0.25) is 4.21 Å². The molecule has 0 aromatic carbocycles. The molecule has 1 unspecified atom stereocenters. The molecule has 1 fully saturated rings. The van der Waals surface area contributed by atoms with E-state index in [1.54, 1.807) is 0 Å². The van der Waals surface area contributed by atoms with Crippen LogP contribution in [0.5, 0.6) is 0 Å². The van der Waals surface area contributed by atoms with E-state index in [4.69, 9.17) is 0 Å². The molecule has 0 N–H and O–H groups in total. The van der Waals surface area contributed by atoms with Gasteiger partial charge < -0.3 is 4.55 Å². The highest BCUT2D eigenvalue weighted by molar-refractivity contribution is 7.80. The quantitative estimate of drug-likeness (QED) is 0.661. The summed E-state index contributed by atoms with van der Waals surface area (Å²) in [6, 6.07) is 0. The summed E-state index contributed by atoms with van der Waals surface area (Å²) < 4.78 is 21.3. The van der Waals surface area contributed by atoms with Crippen LogP contribution in [-0.2, 0) is 11.1 Å². The van der Waals surface area contributed by atoms with Crippen LogP contribution in [0.15, 0.2) is 0 Å². The minimum atomic E-state index is -1.93. The normalized spacial score (nSPS) is 23.0. The second-order valence-electron chi connectivity index (χ2n) is 4.70. The molecule has 1 aliphatic carbocycles.